The van der Waals surface area contributed by atoms with Gasteiger partial charge in [0.05, 0.1) is 18.9 Å². The number of methoxy groups -OCH3 is 1. The summed E-state index contributed by atoms with van der Waals surface area (Å²) in [6.45, 7) is 0. The molecule has 2 aromatic heterocycles. The van der Waals surface area contributed by atoms with Crippen LogP contribution in [0.2, 0.25) is 0 Å². The Morgan fingerprint density at radius 1 is 1.00 bits per heavy atom. The third kappa shape index (κ3) is 3.81. The van der Waals surface area contributed by atoms with Gasteiger partial charge in [-0.25, -0.2) is 4.79 Å². The van der Waals surface area contributed by atoms with E-state index in [0.29, 0.717) is 17.1 Å². The van der Waals surface area contributed by atoms with E-state index >= 15 is 0 Å². The number of carbonyl (C=O) groups is 1. The molecule has 0 amide bonds. The summed E-state index contributed by atoms with van der Waals surface area (Å²) in [5.41, 5.74) is 6.56. The molecule has 0 saturated carbocycles. The number of aromatic nitrogens is 3. The number of nitrogen functional groups attached to an aromatic ring is 1. The van der Waals surface area contributed by atoms with Gasteiger partial charge in [0.1, 0.15) is 17.8 Å². The Morgan fingerprint density at radius 2 is 1.68 bits per heavy atom. The van der Waals surface area contributed by atoms with Gasteiger partial charge >= 0.3 is 5.97 Å². The van der Waals surface area contributed by atoms with Gasteiger partial charge in [0.25, 0.3) is 0 Å². The van der Waals surface area contributed by atoms with Gasteiger partial charge in [-0.3, -0.25) is 4.98 Å². The molecule has 3 rings (SSSR count). The van der Waals surface area contributed by atoms with Crippen LogP contribution in [0.5, 0.6) is 23.3 Å². The number of ether oxygens (including phenoxy) is 3. The van der Waals surface area contributed by atoms with Crippen molar-refractivity contribution in [1.29, 1.82) is 0 Å². The molecule has 2 heterocycles. The number of hydrogen-bond donors (Lipinski definition) is 1. The minimum atomic E-state index is -0.430. The number of anilines is 1. The SMILES string of the molecule is COC(=O)c1ccc(Oc2ncnc(Oc3cccnc3)c2N)cc1. The van der Waals surface area contributed by atoms with Crippen molar-refractivity contribution in [1.82, 2.24) is 15.0 Å². The second-order valence-electron chi connectivity index (χ2n) is 4.81. The van der Waals surface area contributed by atoms with Crippen molar-refractivity contribution in [3.63, 3.8) is 0 Å². The van der Waals surface area contributed by atoms with Crippen LogP contribution in [-0.4, -0.2) is 28.0 Å². The minimum Gasteiger partial charge on any atom is -0.465 e. The molecule has 0 aliphatic rings. The lowest BCUT2D eigenvalue weighted by Gasteiger charge is -2.11. The van der Waals surface area contributed by atoms with E-state index in [2.05, 4.69) is 19.7 Å². The molecule has 0 fully saturated rings. The molecular weight excluding hydrogens is 324 g/mol. The zero-order chi connectivity index (χ0) is 17.6. The second kappa shape index (κ2) is 7.26. The van der Waals surface area contributed by atoms with Crippen molar-refractivity contribution < 1.29 is 19.0 Å². The fourth-order valence-electron chi connectivity index (χ4n) is 1.93. The quantitative estimate of drug-likeness (QED) is 0.707. The molecule has 2 N–H and O–H groups in total. The van der Waals surface area contributed by atoms with E-state index in [0.717, 1.165) is 0 Å². The Hall–Kier alpha value is -3.68. The van der Waals surface area contributed by atoms with Crippen LogP contribution in [0.1, 0.15) is 10.4 Å². The molecule has 8 nitrogen and oxygen atoms in total. The van der Waals surface area contributed by atoms with Crippen LogP contribution in [0.3, 0.4) is 0 Å². The van der Waals surface area contributed by atoms with Gasteiger partial charge in [-0.05, 0) is 36.4 Å². The zero-order valence-electron chi connectivity index (χ0n) is 13.2. The Labute approximate surface area is 143 Å². The number of carbonyl (C=O) groups excluding carboxylic acids is 1. The van der Waals surface area contributed by atoms with E-state index in [1.54, 1.807) is 42.6 Å². The number of esters is 1. The van der Waals surface area contributed by atoms with Crippen LogP contribution in [-0.2, 0) is 4.74 Å². The van der Waals surface area contributed by atoms with Crippen LogP contribution >= 0.6 is 0 Å². The first-order chi connectivity index (χ1) is 12.2. The molecule has 0 radical (unpaired) electrons. The number of hydrogen-bond acceptors (Lipinski definition) is 8. The molecule has 1 aromatic carbocycles. The van der Waals surface area contributed by atoms with Crippen molar-refractivity contribution in [2.75, 3.05) is 12.8 Å². The zero-order valence-corrected chi connectivity index (χ0v) is 13.2. The predicted octanol–water partition coefficient (Wildman–Crippen LogP) is 2.83. The third-order valence-corrected chi connectivity index (χ3v) is 3.15. The highest BCUT2D eigenvalue weighted by atomic mass is 16.5. The van der Waals surface area contributed by atoms with E-state index < -0.39 is 5.97 Å². The fourth-order valence-corrected chi connectivity index (χ4v) is 1.93. The normalized spacial score (nSPS) is 10.1. The van der Waals surface area contributed by atoms with Crippen LogP contribution < -0.4 is 15.2 Å². The van der Waals surface area contributed by atoms with E-state index in [1.165, 1.54) is 19.6 Å². The van der Waals surface area contributed by atoms with Crippen LogP contribution in [0.25, 0.3) is 0 Å². The summed E-state index contributed by atoms with van der Waals surface area (Å²) >= 11 is 0. The number of nitrogens with two attached hydrogens (primary N) is 1. The smallest absolute Gasteiger partial charge is 0.337 e. The van der Waals surface area contributed by atoms with E-state index in [1.807, 2.05) is 0 Å². The summed E-state index contributed by atoms with van der Waals surface area (Å²) in [4.78, 5) is 23.4. The summed E-state index contributed by atoms with van der Waals surface area (Å²) in [6, 6.07) is 9.82. The average molecular weight is 338 g/mol. The second-order valence-corrected chi connectivity index (χ2v) is 4.81. The lowest BCUT2D eigenvalue weighted by atomic mass is 10.2. The molecule has 0 saturated heterocycles. The average Bonchev–Trinajstić information content (AvgIpc) is 2.66. The number of rotatable bonds is 5. The molecule has 0 spiro atoms. The number of benzene rings is 1. The Morgan fingerprint density at radius 3 is 2.28 bits per heavy atom. The van der Waals surface area contributed by atoms with Gasteiger partial charge in [0.15, 0.2) is 5.69 Å². The monoisotopic (exact) mass is 338 g/mol. The van der Waals surface area contributed by atoms with Gasteiger partial charge in [-0.1, -0.05) is 0 Å². The first-order valence-corrected chi connectivity index (χ1v) is 7.22. The van der Waals surface area contributed by atoms with Crippen LogP contribution in [0, 0.1) is 0 Å². The van der Waals surface area contributed by atoms with Crippen molar-refractivity contribution in [3.8, 4) is 23.3 Å². The Kier molecular flexibility index (Phi) is 4.70. The van der Waals surface area contributed by atoms with E-state index in [4.69, 9.17) is 15.2 Å². The maximum absolute atomic E-state index is 11.4. The van der Waals surface area contributed by atoms with Gasteiger partial charge in [-0.15, -0.1) is 0 Å². The molecule has 8 heteroatoms. The van der Waals surface area contributed by atoms with Crippen molar-refractivity contribution in [2.45, 2.75) is 0 Å². The van der Waals surface area contributed by atoms with Gasteiger partial charge in [-0.2, -0.15) is 9.97 Å². The van der Waals surface area contributed by atoms with Gasteiger partial charge in [0, 0.05) is 6.20 Å². The molecule has 3 aromatic rings. The summed E-state index contributed by atoms with van der Waals surface area (Å²) in [5.74, 6) is 0.802. The topological polar surface area (TPSA) is 109 Å². The van der Waals surface area contributed by atoms with Crippen molar-refractivity contribution in [3.05, 3.63) is 60.7 Å². The standard InChI is InChI=1S/C17H14N4O4/c1-23-17(22)11-4-6-12(7-5-11)24-15-14(18)16(21-10-20-15)25-13-3-2-8-19-9-13/h2-10H,18H2,1H3. The molecule has 126 valence electrons. The molecule has 0 aliphatic carbocycles. The molecule has 0 aliphatic heterocycles. The van der Waals surface area contributed by atoms with Crippen molar-refractivity contribution in [2.24, 2.45) is 0 Å². The summed E-state index contributed by atoms with van der Waals surface area (Å²) in [6.07, 6.45) is 4.44. The molecule has 0 bridgehead atoms. The predicted molar refractivity (Wildman–Crippen MR) is 88.6 cm³/mol. The summed E-state index contributed by atoms with van der Waals surface area (Å²) in [5, 5.41) is 0. The minimum absolute atomic E-state index is 0.139. The maximum atomic E-state index is 11.4. The first kappa shape index (κ1) is 16.2. The Balaban J connectivity index is 1.79. The summed E-state index contributed by atoms with van der Waals surface area (Å²) in [7, 11) is 1.32. The van der Waals surface area contributed by atoms with Crippen LogP contribution in [0.15, 0.2) is 55.1 Å². The Bertz CT molecular complexity index is 870. The number of pyridine rings is 1. The highest BCUT2D eigenvalue weighted by Crippen LogP contribution is 2.33. The third-order valence-electron chi connectivity index (χ3n) is 3.15. The van der Waals surface area contributed by atoms with E-state index in [9.17, 15) is 4.79 Å². The molecule has 0 unspecified atom stereocenters. The van der Waals surface area contributed by atoms with Gasteiger partial charge < -0.3 is 19.9 Å². The molecule has 0 atom stereocenters. The number of nitrogens with zero attached hydrogens (tertiary/aromatic N) is 3. The largest absolute Gasteiger partial charge is 0.465 e. The lowest BCUT2D eigenvalue weighted by molar-refractivity contribution is 0.0600. The first-order valence-electron chi connectivity index (χ1n) is 7.22. The van der Waals surface area contributed by atoms with Gasteiger partial charge in [0.2, 0.25) is 11.8 Å². The van der Waals surface area contributed by atoms with E-state index in [-0.39, 0.29) is 17.4 Å². The highest BCUT2D eigenvalue weighted by Gasteiger charge is 2.13. The molecule has 25 heavy (non-hydrogen) atoms. The lowest BCUT2D eigenvalue weighted by Crippen LogP contribution is -2.02. The fraction of sp³-hybridized carbons (Fsp3) is 0.0588. The highest BCUT2D eigenvalue weighted by molar-refractivity contribution is 5.89. The maximum Gasteiger partial charge on any atom is 0.337 e. The van der Waals surface area contributed by atoms with Crippen molar-refractivity contribution >= 4 is 11.7 Å². The summed E-state index contributed by atoms with van der Waals surface area (Å²) < 4.78 is 15.8. The molecular formula is C17H14N4O4. The van der Waals surface area contributed by atoms with Crippen LogP contribution in [0.4, 0.5) is 5.69 Å².